The Balaban J connectivity index is 2.38. The Morgan fingerprint density at radius 2 is 2.07 bits per heavy atom. The monoisotopic (exact) mass is 254 g/mol. The summed E-state index contributed by atoms with van der Waals surface area (Å²) in [6.45, 7) is 5.47. The molecule has 6 heteroatoms. The van der Waals surface area contributed by atoms with Gasteiger partial charge in [0.2, 0.25) is 5.69 Å². The lowest BCUT2D eigenvalue weighted by Gasteiger charge is -2.35. The summed E-state index contributed by atoms with van der Waals surface area (Å²) in [4.78, 5) is 10.1. The minimum absolute atomic E-state index is 0.0630. The van der Waals surface area contributed by atoms with Crippen LogP contribution in [0.4, 0.5) is 0 Å². The average molecular weight is 254 g/mol. The van der Waals surface area contributed by atoms with Gasteiger partial charge in [-0.05, 0) is 11.8 Å². The number of hydrogen-bond donors (Lipinski definition) is 0. The van der Waals surface area contributed by atoms with Crippen molar-refractivity contribution < 1.29 is 13.8 Å². The van der Waals surface area contributed by atoms with E-state index < -0.39 is 5.69 Å². The summed E-state index contributed by atoms with van der Waals surface area (Å²) < 4.78 is 11.2. The Kier molecular flexibility index (Phi) is 4.59. The quantitative estimate of drug-likeness (QED) is 0.438. The van der Waals surface area contributed by atoms with Crippen LogP contribution in [0.3, 0.4) is 0 Å². The maximum absolute atomic E-state index is 10.1. The summed E-state index contributed by atoms with van der Waals surface area (Å²) in [5, 5.41) is 0. The van der Waals surface area contributed by atoms with E-state index in [0.717, 1.165) is 6.29 Å². The van der Waals surface area contributed by atoms with Crippen LogP contribution >= 0.6 is 17.1 Å². The molecule has 0 spiro atoms. The average Bonchev–Trinajstić information content (AvgIpc) is 2.12. The van der Waals surface area contributed by atoms with Crippen LogP contribution in [0.25, 0.3) is 0 Å². The highest BCUT2D eigenvalue weighted by Gasteiger charge is 2.33. The van der Waals surface area contributed by atoms with Crippen molar-refractivity contribution in [2.24, 2.45) is 5.41 Å². The molecule has 82 valence electrons. The fourth-order valence-electron chi connectivity index (χ4n) is 0.874. The van der Waals surface area contributed by atoms with E-state index in [1.54, 1.807) is 0 Å². The molecule has 0 aromatic rings. The summed E-state index contributed by atoms with van der Waals surface area (Å²) in [6.07, 6.45) is 1.40. The van der Waals surface area contributed by atoms with Gasteiger partial charge in [-0.3, -0.25) is 0 Å². The van der Waals surface area contributed by atoms with Gasteiger partial charge in [-0.15, -0.1) is 0 Å². The summed E-state index contributed by atoms with van der Waals surface area (Å²) in [5.41, 5.74) is -2.07. The van der Waals surface area contributed by atoms with Crippen LogP contribution in [0.1, 0.15) is 20.3 Å². The van der Waals surface area contributed by atoms with Crippen LogP contribution < -0.4 is 0 Å². The topological polar surface area (TPSA) is 35.5 Å². The molecule has 0 radical (unpaired) electrons. The molecule has 1 heterocycles. The van der Waals surface area contributed by atoms with Gasteiger partial charge in [0.05, 0.1) is 13.2 Å². The lowest BCUT2D eigenvalue weighted by atomic mass is 9.97. The summed E-state index contributed by atoms with van der Waals surface area (Å²) >= 11 is 6.76. The molecule has 1 fully saturated rings. The molecule has 0 atom stereocenters. The third kappa shape index (κ3) is 3.99. The third-order valence-corrected chi connectivity index (χ3v) is 7.05. The predicted octanol–water partition coefficient (Wildman–Crippen LogP) is 2.61. The van der Waals surface area contributed by atoms with Crippen molar-refractivity contribution in [3.63, 3.8) is 0 Å². The smallest absolute Gasteiger partial charge is 0.247 e. The molecular weight excluding hydrogens is 239 g/mol. The van der Waals surface area contributed by atoms with Crippen LogP contribution in [0.5, 0.6) is 0 Å². The molecule has 0 bridgehead atoms. The highest BCUT2D eigenvalue weighted by atomic mass is 32.9. The molecule has 0 N–H and O–H groups in total. The third-order valence-electron chi connectivity index (χ3n) is 1.71. The Hall–Kier alpha value is 0.590. The second kappa shape index (κ2) is 5.08. The molecule has 1 aliphatic rings. The van der Waals surface area contributed by atoms with Crippen LogP contribution in [-0.2, 0) is 25.6 Å². The highest BCUT2D eigenvalue weighted by molar-refractivity contribution is 8.67. The van der Waals surface area contributed by atoms with Gasteiger partial charge >= 0.3 is 0 Å². The SMILES string of the molecule is CC1(C)COP(=S)(SCCC=O)OC1. The molecule has 0 aromatic carbocycles. The first kappa shape index (κ1) is 12.7. The maximum Gasteiger partial charge on any atom is 0.247 e. The zero-order chi connectivity index (χ0) is 10.7. The van der Waals surface area contributed by atoms with Gasteiger partial charge in [0.1, 0.15) is 6.29 Å². The van der Waals surface area contributed by atoms with E-state index in [-0.39, 0.29) is 5.41 Å². The van der Waals surface area contributed by atoms with Crippen molar-refractivity contribution in [3.8, 4) is 0 Å². The Labute approximate surface area is 93.8 Å². The van der Waals surface area contributed by atoms with E-state index >= 15 is 0 Å². The minimum Gasteiger partial charge on any atom is -0.321 e. The largest absolute Gasteiger partial charge is 0.321 e. The van der Waals surface area contributed by atoms with Crippen molar-refractivity contribution in [2.75, 3.05) is 19.0 Å². The molecule has 1 aliphatic heterocycles. The first-order valence-corrected chi connectivity index (χ1v) is 8.68. The van der Waals surface area contributed by atoms with Gasteiger partial charge in [-0.25, -0.2) is 0 Å². The van der Waals surface area contributed by atoms with E-state index in [9.17, 15) is 4.79 Å². The zero-order valence-electron chi connectivity index (χ0n) is 8.39. The van der Waals surface area contributed by atoms with Crippen LogP contribution in [0, 0.1) is 5.41 Å². The summed E-state index contributed by atoms with van der Waals surface area (Å²) in [7, 11) is 0. The fourth-order valence-corrected chi connectivity index (χ4v) is 5.28. The van der Waals surface area contributed by atoms with Gasteiger partial charge in [-0.2, -0.15) is 0 Å². The number of aldehydes is 1. The van der Waals surface area contributed by atoms with E-state index in [0.29, 0.717) is 25.4 Å². The molecule has 1 saturated heterocycles. The van der Waals surface area contributed by atoms with E-state index in [2.05, 4.69) is 13.8 Å². The van der Waals surface area contributed by atoms with Crippen molar-refractivity contribution in [1.29, 1.82) is 0 Å². The number of carbonyl (C=O) groups excluding carboxylic acids is 1. The fraction of sp³-hybridized carbons (Fsp3) is 0.875. The first-order valence-electron chi connectivity index (χ1n) is 4.45. The van der Waals surface area contributed by atoms with Crippen LogP contribution in [0.2, 0.25) is 0 Å². The van der Waals surface area contributed by atoms with Crippen LogP contribution in [-0.4, -0.2) is 25.3 Å². The minimum atomic E-state index is -2.13. The van der Waals surface area contributed by atoms with Gasteiger partial charge < -0.3 is 13.8 Å². The van der Waals surface area contributed by atoms with E-state index in [1.807, 2.05) is 0 Å². The lowest BCUT2D eigenvalue weighted by Crippen LogP contribution is -2.28. The Morgan fingerprint density at radius 3 is 2.57 bits per heavy atom. The molecule has 0 unspecified atom stereocenters. The van der Waals surface area contributed by atoms with Gasteiger partial charge in [-0.1, -0.05) is 25.2 Å². The number of rotatable bonds is 4. The summed E-state index contributed by atoms with van der Waals surface area (Å²) in [5.74, 6) is 0.696. The standard InChI is InChI=1S/C8H15O3PS2/c1-8(2)6-10-12(13,11-7-8)14-5-3-4-9/h4H,3,5-7H2,1-2H3. The second-order valence-electron chi connectivity index (χ2n) is 3.95. The summed E-state index contributed by atoms with van der Waals surface area (Å²) in [6, 6.07) is 0. The highest BCUT2D eigenvalue weighted by Crippen LogP contribution is 2.64. The molecule has 1 rings (SSSR count). The van der Waals surface area contributed by atoms with Crippen molar-refractivity contribution in [3.05, 3.63) is 0 Å². The predicted molar refractivity (Wildman–Crippen MR) is 63.1 cm³/mol. The normalized spacial score (nSPS) is 24.4. The van der Waals surface area contributed by atoms with Crippen molar-refractivity contribution in [2.45, 2.75) is 20.3 Å². The van der Waals surface area contributed by atoms with Gasteiger partial charge in [0.15, 0.2) is 0 Å². The Bertz CT molecular complexity index is 241. The Morgan fingerprint density at radius 1 is 1.50 bits per heavy atom. The molecule has 0 aliphatic carbocycles. The van der Waals surface area contributed by atoms with Crippen molar-refractivity contribution in [1.82, 2.24) is 0 Å². The maximum atomic E-state index is 10.1. The van der Waals surface area contributed by atoms with Gasteiger partial charge in [0.25, 0.3) is 0 Å². The van der Waals surface area contributed by atoms with E-state index in [1.165, 1.54) is 11.4 Å². The first-order chi connectivity index (χ1) is 6.47. The molecular formula is C8H15O3PS2. The van der Waals surface area contributed by atoms with Crippen molar-refractivity contribution >= 4 is 35.2 Å². The molecule has 0 amide bonds. The van der Waals surface area contributed by atoms with Crippen LogP contribution in [0.15, 0.2) is 0 Å². The molecule has 14 heavy (non-hydrogen) atoms. The number of hydrogen-bond acceptors (Lipinski definition) is 5. The molecule has 0 aromatic heterocycles. The molecule has 3 nitrogen and oxygen atoms in total. The van der Waals surface area contributed by atoms with Gasteiger partial charge in [0, 0.05) is 17.6 Å². The lowest BCUT2D eigenvalue weighted by molar-refractivity contribution is -0.107. The van der Waals surface area contributed by atoms with E-state index in [4.69, 9.17) is 20.9 Å². The number of carbonyl (C=O) groups is 1. The zero-order valence-corrected chi connectivity index (χ0v) is 10.9. The second-order valence-corrected chi connectivity index (χ2v) is 10.4. The molecule has 0 saturated carbocycles.